The van der Waals surface area contributed by atoms with Crippen molar-refractivity contribution in [2.75, 3.05) is 0 Å². The second kappa shape index (κ2) is 5.24. The minimum atomic E-state index is 0.448. The SMILES string of the molecule is NCc1cc(Br)ccc1-c1nsc(-c2ccco2)n1. The number of benzene rings is 1. The average Bonchev–Trinajstić information content (AvgIpc) is 3.09. The van der Waals surface area contributed by atoms with Gasteiger partial charge in [0.15, 0.2) is 16.6 Å². The predicted molar refractivity (Wildman–Crippen MR) is 78.6 cm³/mol. The molecule has 0 bridgehead atoms. The third kappa shape index (κ3) is 2.47. The summed E-state index contributed by atoms with van der Waals surface area (Å²) in [7, 11) is 0. The molecule has 4 nitrogen and oxygen atoms in total. The maximum absolute atomic E-state index is 5.77. The molecule has 0 saturated heterocycles. The van der Waals surface area contributed by atoms with Gasteiger partial charge in [-0.2, -0.15) is 4.37 Å². The summed E-state index contributed by atoms with van der Waals surface area (Å²) in [4.78, 5) is 4.50. The Labute approximate surface area is 122 Å². The monoisotopic (exact) mass is 335 g/mol. The van der Waals surface area contributed by atoms with Gasteiger partial charge in [-0.1, -0.05) is 15.9 Å². The molecule has 2 aromatic heterocycles. The van der Waals surface area contributed by atoms with Gasteiger partial charge in [0.2, 0.25) is 0 Å². The number of furan rings is 1. The summed E-state index contributed by atoms with van der Waals surface area (Å²) in [5.74, 6) is 1.42. The molecule has 0 aliphatic rings. The lowest BCUT2D eigenvalue weighted by molar-refractivity contribution is 0.582. The Balaban J connectivity index is 2.03. The number of nitrogens with two attached hydrogens (primary N) is 1. The van der Waals surface area contributed by atoms with Crippen molar-refractivity contribution in [2.45, 2.75) is 6.54 Å². The zero-order valence-corrected chi connectivity index (χ0v) is 12.2. The highest BCUT2D eigenvalue weighted by Gasteiger charge is 2.13. The van der Waals surface area contributed by atoms with Gasteiger partial charge in [-0.05, 0) is 47.4 Å². The summed E-state index contributed by atoms with van der Waals surface area (Å²) >= 11 is 4.76. The number of halogens is 1. The van der Waals surface area contributed by atoms with Crippen LogP contribution in [0.4, 0.5) is 0 Å². The number of hydrogen-bond donors (Lipinski definition) is 1. The summed E-state index contributed by atoms with van der Waals surface area (Å²) in [6, 6.07) is 9.63. The minimum Gasteiger partial charge on any atom is -0.462 e. The molecule has 0 saturated carbocycles. The molecule has 2 N–H and O–H groups in total. The van der Waals surface area contributed by atoms with Gasteiger partial charge >= 0.3 is 0 Å². The normalized spacial score (nSPS) is 10.8. The zero-order valence-electron chi connectivity index (χ0n) is 9.84. The van der Waals surface area contributed by atoms with Crippen LogP contribution in [-0.2, 0) is 6.54 Å². The molecule has 0 fully saturated rings. The maximum atomic E-state index is 5.77. The van der Waals surface area contributed by atoms with Crippen molar-refractivity contribution < 1.29 is 4.42 Å². The number of rotatable bonds is 3. The third-order valence-corrected chi connectivity index (χ3v) is 3.91. The Morgan fingerprint density at radius 3 is 2.95 bits per heavy atom. The second-order valence-corrected chi connectivity index (χ2v) is 5.57. The summed E-state index contributed by atoms with van der Waals surface area (Å²) in [5.41, 5.74) is 7.74. The third-order valence-electron chi connectivity index (χ3n) is 2.69. The standard InChI is InChI=1S/C13H10BrN3OS/c14-9-3-4-10(8(6-9)7-15)12-16-13(19-17-12)11-2-1-5-18-11/h1-6H,7,15H2. The number of aromatic nitrogens is 2. The molecule has 1 aromatic carbocycles. The van der Waals surface area contributed by atoms with E-state index in [1.807, 2.05) is 30.3 Å². The Bertz CT molecular complexity index is 694. The van der Waals surface area contributed by atoms with Crippen LogP contribution in [0.3, 0.4) is 0 Å². The molecule has 0 unspecified atom stereocenters. The van der Waals surface area contributed by atoms with Gasteiger partial charge < -0.3 is 10.2 Å². The van der Waals surface area contributed by atoms with Crippen molar-refractivity contribution in [3.05, 3.63) is 46.6 Å². The smallest absolute Gasteiger partial charge is 0.179 e. The molecule has 0 amide bonds. The fourth-order valence-corrected chi connectivity index (χ4v) is 2.84. The zero-order chi connectivity index (χ0) is 13.2. The topological polar surface area (TPSA) is 64.9 Å². The molecular weight excluding hydrogens is 326 g/mol. The first-order valence-corrected chi connectivity index (χ1v) is 7.21. The van der Waals surface area contributed by atoms with E-state index in [4.69, 9.17) is 10.2 Å². The van der Waals surface area contributed by atoms with Gasteiger partial charge in [0.05, 0.1) is 6.26 Å². The van der Waals surface area contributed by atoms with Gasteiger partial charge in [0.1, 0.15) is 0 Å². The van der Waals surface area contributed by atoms with E-state index in [0.717, 1.165) is 26.4 Å². The minimum absolute atomic E-state index is 0.448. The van der Waals surface area contributed by atoms with Crippen molar-refractivity contribution >= 4 is 27.5 Å². The van der Waals surface area contributed by atoms with Crippen LogP contribution in [0.1, 0.15) is 5.56 Å². The van der Waals surface area contributed by atoms with Crippen molar-refractivity contribution in [3.63, 3.8) is 0 Å². The van der Waals surface area contributed by atoms with Crippen LogP contribution in [0.5, 0.6) is 0 Å². The van der Waals surface area contributed by atoms with E-state index in [1.165, 1.54) is 11.5 Å². The number of hydrogen-bond acceptors (Lipinski definition) is 5. The van der Waals surface area contributed by atoms with E-state index < -0.39 is 0 Å². The van der Waals surface area contributed by atoms with Gasteiger partial charge in [0.25, 0.3) is 0 Å². The fourth-order valence-electron chi connectivity index (χ4n) is 1.78. The van der Waals surface area contributed by atoms with Crippen LogP contribution in [0.25, 0.3) is 22.2 Å². The summed E-state index contributed by atoms with van der Waals surface area (Å²) in [5, 5.41) is 0.769. The Morgan fingerprint density at radius 2 is 2.21 bits per heavy atom. The molecule has 0 aliphatic heterocycles. The predicted octanol–water partition coefficient (Wildman–Crippen LogP) is 3.69. The van der Waals surface area contributed by atoms with E-state index in [0.29, 0.717) is 12.4 Å². The van der Waals surface area contributed by atoms with E-state index in [9.17, 15) is 0 Å². The largest absolute Gasteiger partial charge is 0.462 e. The second-order valence-electron chi connectivity index (χ2n) is 3.91. The quantitative estimate of drug-likeness (QED) is 0.792. The van der Waals surface area contributed by atoms with Crippen LogP contribution in [0, 0.1) is 0 Å². The molecule has 96 valence electrons. The summed E-state index contributed by atoms with van der Waals surface area (Å²) in [6.45, 7) is 0.448. The van der Waals surface area contributed by atoms with Gasteiger partial charge in [-0.3, -0.25) is 0 Å². The van der Waals surface area contributed by atoms with E-state index in [2.05, 4.69) is 25.3 Å². The lowest BCUT2D eigenvalue weighted by atomic mass is 10.1. The average molecular weight is 336 g/mol. The first kappa shape index (κ1) is 12.5. The highest BCUT2D eigenvalue weighted by molar-refractivity contribution is 9.10. The van der Waals surface area contributed by atoms with Crippen LogP contribution in [-0.4, -0.2) is 9.36 Å². The van der Waals surface area contributed by atoms with Gasteiger partial charge in [0, 0.05) is 16.6 Å². The molecule has 3 aromatic rings. The highest BCUT2D eigenvalue weighted by atomic mass is 79.9. The van der Waals surface area contributed by atoms with E-state index >= 15 is 0 Å². The van der Waals surface area contributed by atoms with E-state index in [-0.39, 0.29) is 0 Å². The lowest BCUT2D eigenvalue weighted by Crippen LogP contribution is -1.99. The summed E-state index contributed by atoms with van der Waals surface area (Å²) < 4.78 is 10.7. The molecule has 0 aliphatic carbocycles. The molecule has 19 heavy (non-hydrogen) atoms. The van der Waals surface area contributed by atoms with Crippen LogP contribution < -0.4 is 5.73 Å². The Hall–Kier alpha value is -1.50. The fraction of sp³-hybridized carbons (Fsp3) is 0.0769. The first-order chi connectivity index (χ1) is 9.28. The Morgan fingerprint density at radius 1 is 1.32 bits per heavy atom. The van der Waals surface area contributed by atoms with Crippen LogP contribution in [0.15, 0.2) is 45.5 Å². The molecule has 2 heterocycles. The molecule has 6 heteroatoms. The molecule has 3 rings (SSSR count). The van der Waals surface area contributed by atoms with Gasteiger partial charge in [-0.25, -0.2) is 4.98 Å². The number of nitrogens with zero attached hydrogens (tertiary/aromatic N) is 2. The highest BCUT2D eigenvalue weighted by Crippen LogP contribution is 2.29. The van der Waals surface area contributed by atoms with Crippen molar-refractivity contribution in [3.8, 4) is 22.2 Å². The molecule has 0 spiro atoms. The van der Waals surface area contributed by atoms with E-state index in [1.54, 1.807) is 6.26 Å². The molecule has 0 radical (unpaired) electrons. The van der Waals surface area contributed by atoms with Crippen molar-refractivity contribution in [2.24, 2.45) is 5.73 Å². The van der Waals surface area contributed by atoms with Crippen LogP contribution >= 0.6 is 27.5 Å². The molecule has 0 atom stereocenters. The Kier molecular flexibility index (Phi) is 3.46. The summed E-state index contributed by atoms with van der Waals surface area (Å²) in [6.07, 6.45) is 1.63. The lowest BCUT2D eigenvalue weighted by Gasteiger charge is -2.04. The first-order valence-electron chi connectivity index (χ1n) is 5.64. The van der Waals surface area contributed by atoms with Gasteiger partial charge in [-0.15, -0.1) is 0 Å². The van der Waals surface area contributed by atoms with Crippen LogP contribution in [0.2, 0.25) is 0 Å². The molecular formula is C13H10BrN3OS. The van der Waals surface area contributed by atoms with Crippen molar-refractivity contribution in [1.82, 2.24) is 9.36 Å². The maximum Gasteiger partial charge on any atom is 0.179 e. The van der Waals surface area contributed by atoms with Crippen molar-refractivity contribution in [1.29, 1.82) is 0 Å².